The Bertz CT molecular complexity index is 1010. The number of imide groups is 1. The largest absolute Gasteiger partial charge is 0.457 e. The number of nitrogens with zero attached hydrogens (tertiary/aromatic N) is 1. The first-order valence-electron chi connectivity index (χ1n) is 7.15. The van der Waals surface area contributed by atoms with Crippen molar-refractivity contribution in [1.82, 2.24) is 5.32 Å². The van der Waals surface area contributed by atoms with Crippen molar-refractivity contribution in [3.63, 3.8) is 0 Å². The van der Waals surface area contributed by atoms with Gasteiger partial charge in [0.25, 0.3) is 11.8 Å². The molecule has 25 heavy (non-hydrogen) atoms. The van der Waals surface area contributed by atoms with Crippen LogP contribution in [0.4, 0.5) is 0 Å². The van der Waals surface area contributed by atoms with E-state index in [-0.39, 0.29) is 11.1 Å². The van der Waals surface area contributed by atoms with Crippen LogP contribution in [0.25, 0.3) is 17.4 Å². The van der Waals surface area contributed by atoms with Gasteiger partial charge in [-0.05, 0) is 42.8 Å². The fraction of sp³-hybridized carbons (Fsp3) is 0.0556. The normalized spacial score (nSPS) is 16.2. The minimum atomic E-state index is -0.701. The third kappa shape index (κ3) is 3.10. The van der Waals surface area contributed by atoms with Gasteiger partial charge in [-0.25, -0.2) is 0 Å². The van der Waals surface area contributed by atoms with Crippen LogP contribution in [0, 0.1) is 11.3 Å². The quantitative estimate of drug-likeness (QED) is 0.634. The minimum Gasteiger partial charge on any atom is -0.457 e. The van der Waals surface area contributed by atoms with E-state index in [1.807, 2.05) is 0 Å². The lowest BCUT2D eigenvalue weighted by Gasteiger charge is -2.15. The smallest absolute Gasteiger partial charge is 0.269 e. The molecule has 0 aliphatic carbocycles. The van der Waals surface area contributed by atoms with Gasteiger partial charge in [-0.2, -0.15) is 5.26 Å². The van der Waals surface area contributed by atoms with Crippen molar-refractivity contribution in [2.24, 2.45) is 0 Å². The molecule has 2 heterocycles. The van der Waals surface area contributed by atoms with Crippen LogP contribution in [0.5, 0.6) is 0 Å². The SMILES string of the molecule is CC1=C(C#N)C(=O)NC(=O)/C1=C\c1ccc(-c2cccc(Cl)c2Cl)o1. The van der Waals surface area contributed by atoms with Gasteiger partial charge in [0.05, 0.1) is 10.0 Å². The standard InChI is InChI=1S/C18H10Cl2N2O3/c1-9-12(17(23)22-18(24)13(9)8-21)7-10-5-6-15(25-10)11-3-2-4-14(19)16(11)20/h2-7H,1H3,(H,22,23,24)/b12-7-. The van der Waals surface area contributed by atoms with Crippen molar-refractivity contribution in [1.29, 1.82) is 5.26 Å². The number of hydrogen-bond donors (Lipinski definition) is 1. The Morgan fingerprint density at radius 3 is 2.64 bits per heavy atom. The molecule has 7 heteroatoms. The third-order valence-corrected chi connectivity index (χ3v) is 4.54. The van der Waals surface area contributed by atoms with E-state index in [0.29, 0.717) is 32.7 Å². The molecule has 0 fully saturated rings. The maximum absolute atomic E-state index is 12.0. The third-order valence-electron chi connectivity index (χ3n) is 3.72. The van der Waals surface area contributed by atoms with E-state index in [1.165, 1.54) is 6.08 Å². The second kappa shape index (κ2) is 6.60. The van der Waals surface area contributed by atoms with Crippen LogP contribution in [0.15, 0.2) is 51.5 Å². The van der Waals surface area contributed by atoms with Crippen molar-refractivity contribution in [3.8, 4) is 17.4 Å². The van der Waals surface area contributed by atoms with Gasteiger partial charge in [-0.1, -0.05) is 29.3 Å². The van der Waals surface area contributed by atoms with Gasteiger partial charge in [0.15, 0.2) is 0 Å². The van der Waals surface area contributed by atoms with Gasteiger partial charge in [0.2, 0.25) is 0 Å². The van der Waals surface area contributed by atoms with Crippen LogP contribution in [0.1, 0.15) is 12.7 Å². The Labute approximate surface area is 153 Å². The van der Waals surface area contributed by atoms with E-state index in [1.54, 1.807) is 43.3 Å². The molecule has 2 amide bonds. The summed E-state index contributed by atoms with van der Waals surface area (Å²) < 4.78 is 5.71. The monoisotopic (exact) mass is 372 g/mol. The van der Waals surface area contributed by atoms with Crippen LogP contribution in [0.3, 0.4) is 0 Å². The molecular weight excluding hydrogens is 363 g/mol. The molecule has 124 valence electrons. The molecule has 1 aliphatic heterocycles. The molecule has 1 aromatic heterocycles. The molecule has 3 rings (SSSR count). The van der Waals surface area contributed by atoms with E-state index in [2.05, 4.69) is 5.32 Å². The number of nitriles is 1. The van der Waals surface area contributed by atoms with Gasteiger partial charge in [-0.3, -0.25) is 14.9 Å². The summed E-state index contributed by atoms with van der Waals surface area (Å²) >= 11 is 12.2. The highest BCUT2D eigenvalue weighted by molar-refractivity contribution is 6.43. The van der Waals surface area contributed by atoms with Gasteiger partial charge in [0, 0.05) is 11.1 Å². The molecule has 0 unspecified atom stereocenters. The number of nitrogens with one attached hydrogen (secondary N) is 1. The maximum Gasteiger partial charge on any atom is 0.269 e. The Morgan fingerprint density at radius 1 is 1.16 bits per heavy atom. The molecule has 2 aromatic rings. The van der Waals surface area contributed by atoms with E-state index in [4.69, 9.17) is 32.9 Å². The van der Waals surface area contributed by atoms with Crippen LogP contribution < -0.4 is 5.32 Å². The number of hydrogen-bond acceptors (Lipinski definition) is 4. The van der Waals surface area contributed by atoms with E-state index in [9.17, 15) is 9.59 Å². The Kier molecular flexibility index (Phi) is 4.49. The molecule has 5 nitrogen and oxygen atoms in total. The summed E-state index contributed by atoms with van der Waals surface area (Å²) in [5, 5.41) is 11.9. The second-order valence-corrected chi connectivity index (χ2v) is 6.04. The summed E-state index contributed by atoms with van der Waals surface area (Å²) in [6.07, 6.45) is 1.47. The fourth-order valence-electron chi connectivity index (χ4n) is 2.43. The number of rotatable bonds is 2. The average molecular weight is 373 g/mol. The number of furan rings is 1. The predicted octanol–water partition coefficient (Wildman–Crippen LogP) is 4.13. The first-order valence-corrected chi connectivity index (χ1v) is 7.91. The van der Waals surface area contributed by atoms with Gasteiger partial charge >= 0.3 is 0 Å². The second-order valence-electron chi connectivity index (χ2n) is 5.26. The Balaban J connectivity index is 2.04. The Hall–Kier alpha value is -2.81. The molecule has 0 bridgehead atoms. The number of carbonyl (C=O) groups is 2. The van der Waals surface area contributed by atoms with E-state index in [0.717, 1.165) is 0 Å². The zero-order valence-corrected chi connectivity index (χ0v) is 14.4. The maximum atomic E-state index is 12.0. The molecule has 1 N–H and O–H groups in total. The number of benzene rings is 1. The highest BCUT2D eigenvalue weighted by Gasteiger charge is 2.27. The van der Waals surface area contributed by atoms with Crippen LogP contribution >= 0.6 is 23.2 Å². The molecule has 0 radical (unpaired) electrons. The topological polar surface area (TPSA) is 83.1 Å². The summed E-state index contributed by atoms with van der Waals surface area (Å²) in [5.41, 5.74) is 1.01. The minimum absolute atomic E-state index is 0.101. The lowest BCUT2D eigenvalue weighted by Crippen LogP contribution is -2.37. The van der Waals surface area contributed by atoms with Crippen molar-refractivity contribution in [3.05, 3.63) is 62.9 Å². The van der Waals surface area contributed by atoms with E-state index < -0.39 is 11.8 Å². The summed E-state index contributed by atoms with van der Waals surface area (Å²) in [6, 6.07) is 10.3. The fourth-order valence-corrected chi connectivity index (χ4v) is 2.82. The van der Waals surface area contributed by atoms with E-state index >= 15 is 0 Å². The first kappa shape index (κ1) is 17.0. The first-order chi connectivity index (χ1) is 11.9. The van der Waals surface area contributed by atoms with Crippen LogP contribution in [-0.4, -0.2) is 11.8 Å². The van der Waals surface area contributed by atoms with Crippen LogP contribution in [-0.2, 0) is 9.59 Å². The number of halogens is 2. The van der Waals surface area contributed by atoms with Crippen LogP contribution in [0.2, 0.25) is 10.0 Å². The molecular formula is C18H10Cl2N2O3. The Morgan fingerprint density at radius 2 is 1.92 bits per heavy atom. The summed E-state index contributed by atoms with van der Waals surface area (Å²) in [7, 11) is 0. The number of carbonyl (C=O) groups excluding carboxylic acids is 2. The highest BCUT2D eigenvalue weighted by Crippen LogP contribution is 2.35. The predicted molar refractivity (Wildman–Crippen MR) is 93.6 cm³/mol. The number of amides is 2. The van der Waals surface area contributed by atoms with Gasteiger partial charge < -0.3 is 4.42 Å². The van der Waals surface area contributed by atoms with Crippen molar-refractivity contribution in [2.45, 2.75) is 6.92 Å². The van der Waals surface area contributed by atoms with Gasteiger partial charge in [0.1, 0.15) is 23.2 Å². The lowest BCUT2D eigenvalue weighted by atomic mass is 9.96. The molecule has 0 atom stereocenters. The van der Waals surface area contributed by atoms with Crippen molar-refractivity contribution in [2.75, 3.05) is 0 Å². The highest BCUT2D eigenvalue weighted by atomic mass is 35.5. The lowest BCUT2D eigenvalue weighted by molar-refractivity contribution is -0.126. The van der Waals surface area contributed by atoms with Crippen molar-refractivity contribution >= 4 is 41.1 Å². The molecule has 0 saturated carbocycles. The zero-order valence-electron chi connectivity index (χ0n) is 12.9. The molecule has 0 saturated heterocycles. The molecule has 0 spiro atoms. The van der Waals surface area contributed by atoms with Gasteiger partial charge in [-0.15, -0.1) is 0 Å². The molecule has 1 aromatic carbocycles. The average Bonchev–Trinajstić information content (AvgIpc) is 3.03. The summed E-state index contributed by atoms with van der Waals surface area (Å²) in [6.45, 7) is 1.54. The summed E-state index contributed by atoms with van der Waals surface area (Å²) in [5.74, 6) is -0.427. The molecule has 1 aliphatic rings. The summed E-state index contributed by atoms with van der Waals surface area (Å²) in [4.78, 5) is 23.6. The van der Waals surface area contributed by atoms with Crippen molar-refractivity contribution < 1.29 is 14.0 Å². The zero-order chi connectivity index (χ0) is 18.1.